The third kappa shape index (κ3) is 5.33. The van der Waals surface area contributed by atoms with E-state index < -0.39 is 11.7 Å². The smallest absolute Gasteiger partial charge is 0.269 e. The third-order valence-electron chi connectivity index (χ3n) is 4.14. The van der Waals surface area contributed by atoms with Crippen molar-refractivity contribution in [3.8, 4) is 17.1 Å². The second-order valence-electron chi connectivity index (χ2n) is 6.04. The van der Waals surface area contributed by atoms with Crippen LogP contribution in [0.25, 0.3) is 11.3 Å². The van der Waals surface area contributed by atoms with Crippen LogP contribution in [0.5, 0.6) is 5.88 Å². The molecule has 1 amide bonds. The first-order valence-electron chi connectivity index (χ1n) is 8.52. The number of aromatic amines is 1. The molecule has 2 N–H and O–H groups in total. The summed E-state index contributed by atoms with van der Waals surface area (Å²) in [7, 11) is 2.95. The molecule has 0 radical (unpaired) electrons. The molecular formula is C18H23FN4O4. The molecule has 0 spiro atoms. The molecule has 0 aliphatic rings. The Labute approximate surface area is 156 Å². The Bertz CT molecular complexity index is 780. The van der Waals surface area contributed by atoms with Crippen LogP contribution in [-0.2, 0) is 9.53 Å². The number of hydrogen-bond donors (Lipinski definition) is 2. The van der Waals surface area contributed by atoms with E-state index >= 15 is 0 Å². The Morgan fingerprint density at radius 2 is 2.19 bits per heavy atom. The number of amides is 1. The molecule has 0 saturated carbocycles. The molecule has 2 aromatic heterocycles. The van der Waals surface area contributed by atoms with Crippen molar-refractivity contribution in [1.82, 2.24) is 20.5 Å². The third-order valence-corrected chi connectivity index (χ3v) is 4.14. The summed E-state index contributed by atoms with van der Waals surface area (Å²) in [4.78, 5) is 27.3. The van der Waals surface area contributed by atoms with Gasteiger partial charge in [-0.05, 0) is 18.9 Å². The maximum Gasteiger partial charge on any atom is 0.269 e. The molecule has 2 aromatic rings. The minimum atomic E-state index is -0.580. The first-order valence-corrected chi connectivity index (χ1v) is 8.52. The number of H-pyrrole nitrogens is 1. The van der Waals surface area contributed by atoms with Crippen LogP contribution in [0.2, 0.25) is 0 Å². The van der Waals surface area contributed by atoms with Crippen LogP contribution in [0.1, 0.15) is 30.3 Å². The van der Waals surface area contributed by atoms with Gasteiger partial charge in [-0.1, -0.05) is 6.92 Å². The summed E-state index contributed by atoms with van der Waals surface area (Å²) in [6.07, 6.45) is 3.05. The van der Waals surface area contributed by atoms with Crippen LogP contribution >= 0.6 is 0 Å². The molecular weight excluding hydrogens is 355 g/mol. The molecule has 0 aliphatic carbocycles. The molecule has 2 atom stereocenters. The number of pyridine rings is 1. The van der Waals surface area contributed by atoms with Gasteiger partial charge in [-0.2, -0.15) is 5.10 Å². The number of rotatable bonds is 10. The Kier molecular flexibility index (Phi) is 7.42. The van der Waals surface area contributed by atoms with Gasteiger partial charge in [-0.15, -0.1) is 0 Å². The zero-order valence-corrected chi connectivity index (χ0v) is 15.5. The van der Waals surface area contributed by atoms with Crippen LogP contribution in [0.4, 0.5) is 4.39 Å². The zero-order valence-electron chi connectivity index (χ0n) is 15.5. The number of ether oxygens (including phenoxy) is 2. The molecule has 0 aromatic carbocycles. The van der Waals surface area contributed by atoms with Crippen molar-refractivity contribution in [3.63, 3.8) is 0 Å². The number of aromatic nitrogens is 3. The highest BCUT2D eigenvalue weighted by Crippen LogP contribution is 2.24. The SMILES string of the molecule is CCC(C=O)CC(COC)NC(=O)c1cc(-c2cc(OC)ncc2F)n[nH]1. The highest BCUT2D eigenvalue weighted by atomic mass is 19.1. The Morgan fingerprint density at radius 3 is 2.81 bits per heavy atom. The monoisotopic (exact) mass is 378 g/mol. The van der Waals surface area contributed by atoms with Gasteiger partial charge in [0.2, 0.25) is 5.88 Å². The van der Waals surface area contributed by atoms with Gasteiger partial charge in [0.05, 0.1) is 31.6 Å². The Morgan fingerprint density at radius 1 is 1.41 bits per heavy atom. The van der Waals surface area contributed by atoms with Crippen molar-refractivity contribution in [1.29, 1.82) is 0 Å². The summed E-state index contributed by atoms with van der Waals surface area (Å²) in [5.74, 6) is -0.928. The van der Waals surface area contributed by atoms with Gasteiger partial charge in [-0.25, -0.2) is 9.37 Å². The Hall–Kier alpha value is -2.81. The first-order chi connectivity index (χ1) is 13.0. The highest BCUT2D eigenvalue weighted by Gasteiger charge is 2.20. The fourth-order valence-electron chi connectivity index (χ4n) is 2.62. The van der Waals surface area contributed by atoms with Crippen LogP contribution in [-0.4, -0.2) is 54.2 Å². The van der Waals surface area contributed by atoms with E-state index in [9.17, 15) is 14.0 Å². The van der Waals surface area contributed by atoms with Gasteiger partial charge in [0.1, 0.15) is 12.0 Å². The molecule has 8 nitrogen and oxygen atoms in total. The molecule has 0 fully saturated rings. The lowest BCUT2D eigenvalue weighted by atomic mass is 9.99. The number of aldehydes is 1. The van der Waals surface area contributed by atoms with Gasteiger partial charge in [0.15, 0.2) is 5.82 Å². The largest absolute Gasteiger partial charge is 0.481 e. The Balaban J connectivity index is 2.14. The van der Waals surface area contributed by atoms with E-state index in [0.29, 0.717) is 12.8 Å². The zero-order chi connectivity index (χ0) is 19.8. The van der Waals surface area contributed by atoms with Gasteiger partial charge in [0, 0.05) is 24.7 Å². The number of halogens is 1. The summed E-state index contributed by atoms with van der Waals surface area (Å²) < 4.78 is 24.1. The van der Waals surface area contributed by atoms with Crippen LogP contribution in [0, 0.1) is 11.7 Å². The lowest BCUT2D eigenvalue weighted by molar-refractivity contribution is -0.111. The quantitative estimate of drug-likeness (QED) is 0.613. The van der Waals surface area contributed by atoms with Crippen molar-refractivity contribution in [3.05, 3.63) is 29.8 Å². The van der Waals surface area contributed by atoms with Gasteiger partial charge >= 0.3 is 0 Å². The van der Waals surface area contributed by atoms with Crippen molar-refractivity contribution in [2.75, 3.05) is 20.8 Å². The molecule has 27 heavy (non-hydrogen) atoms. The van der Waals surface area contributed by atoms with Crippen molar-refractivity contribution < 1.29 is 23.5 Å². The lowest BCUT2D eigenvalue weighted by Crippen LogP contribution is -2.39. The van der Waals surface area contributed by atoms with Crippen molar-refractivity contribution in [2.45, 2.75) is 25.8 Å². The molecule has 9 heteroatoms. The number of methoxy groups -OCH3 is 2. The molecule has 2 unspecified atom stereocenters. The molecule has 146 valence electrons. The number of nitrogens with one attached hydrogen (secondary N) is 2. The summed E-state index contributed by atoms with van der Waals surface area (Å²) in [5.41, 5.74) is 0.582. The fraction of sp³-hybridized carbons (Fsp3) is 0.444. The van der Waals surface area contributed by atoms with E-state index in [1.807, 2.05) is 6.92 Å². The summed E-state index contributed by atoms with van der Waals surface area (Å²) >= 11 is 0. The topological polar surface area (TPSA) is 106 Å². The van der Waals surface area contributed by atoms with Crippen LogP contribution in [0.15, 0.2) is 18.3 Å². The average Bonchev–Trinajstić information content (AvgIpc) is 3.16. The number of hydrogen-bond acceptors (Lipinski definition) is 6. The molecule has 2 rings (SSSR count). The van der Waals surface area contributed by atoms with E-state index in [-0.39, 0.29) is 41.4 Å². The normalized spacial score (nSPS) is 13.0. The maximum atomic E-state index is 14.0. The van der Waals surface area contributed by atoms with E-state index in [1.165, 1.54) is 26.4 Å². The maximum absolute atomic E-state index is 14.0. The number of nitrogens with zero attached hydrogens (tertiary/aromatic N) is 2. The molecule has 0 saturated heterocycles. The van der Waals surface area contributed by atoms with Gasteiger partial charge < -0.3 is 19.6 Å². The standard InChI is InChI=1S/C18H23FN4O4/c1-4-11(9-24)5-12(10-26-2)21-18(25)16-7-15(22-23-16)13-6-17(27-3)20-8-14(13)19/h6-9,11-12H,4-5,10H2,1-3H3,(H,21,25)(H,22,23). The molecule has 0 bridgehead atoms. The van der Waals surface area contributed by atoms with Crippen molar-refractivity contribution >= 4 is 12.2 Å². The van der Waals surface area contributed by atoms with E-state index in [1.54, 1.807) is 0 Å². The summed E-state index contributed by atoms with van der Waals surface area (Å²) in [6.45, 7) is 2.18. The summed E-state index contributed by atoms with van der Waals surface area (Å²) in [5, 5.41) is 9.40. The second kappa shape index (κ2) is 9.77. The molecule has 0 aliphatic heterocycles. The number of carbonyl (C=O) groups is 2. The first kappa shape index (κ1) is 20.5. The van der Waals surface area contributed by atoms with Crippen LogP contribution in [0.3, 0.4) is 0 Å². The lowest BCUT2D eigenvalue weighted by Gasteiger charge is -2.20. The number of carbonyl (C=O) groups excluding carboxylic acids is 2. The van der Waals surface area contributed by atoms with E-state index in [0.717, 1.165) is 12.5 Å². The van der Waals surface area contributed by atoms with Crippen LogP contribution < -0.4 is 10.1 Å². The van der Waals surface area contributed by atoms with E-state index in [2.05, 4.69) is 20.5 Å². The van der Waals surface area contributed by atoms with Crippen molar-refractivity contribution in [2.24, 2.45) is 5.92 Å². The highest BCUT2D eigenvalue weighted by molar-refractivity contribution is 5.93. The van der Waals surface area contributed by atoms with Gasteiger partial charge in [0.25, 0.3) is 5.91 Å². The van der Waals surface area contributed by atoms with Gasteiger partial charge in [-0.3, -0.25) is 9.89 Å². The minimum absolute atomic E-state index is 0.164. The minimum Gasteiger partial charge on any atom is -0.481 e. The predicted octanol–water partition coefficient (Wildman–Crippen LogP) is 1.98. The van der Waals surface area contributed by atoms with E-state index in [4.69, 9.17) is 9.47 Å². The average molecular weight is 378 g/mol. The predicted molar refractivity (Wildman–Crippen MR) is 95.9 cm³/mol. The summed E-state index contributed by atoms with van der Waals surface area (Å²) in [6, 6.07) is 2.51. The molecule has 2 heterocycles. The second-order valence-corrected chi connectivity index (χ2v) is 6.04. The fourth-order valence-corrected chi connectivity index (χ4v) is 2.62.